The molecule has 0 fully saturated rings. The minimum absolute atomic E-state index is 0.0137. The lowest BCUT2D eigenvalue weighted by Crippen LogP contribution is -2.19. The molecule has 9 heteroatoms. The van der Waals surface area contributed by atoms with Gasteiger partial charge in [-0.1, -0.05) is 15.9 Å². The zero-order valence-electron chi connectivity index (χ0n) is 10.5. The Morgan fingerprint density at radius 3 is 2.86 bits per heavy atom. The normalized spacial score (nSPS) is 10.2. The summed E-state index contributed by atoms with van der Waals surface area (Å²) < 4.78 is 15.2. The largest absolute Gasteiger partial charge is 0.480 e. The molecular weight excluding hydrogens is 347 g/mol. The Balaban J connectivity index is 2.00. The van der Waals surface area contributed by atoms with Gasteiger partial charge in [-0.05, 0) is 18.2 Å². The highest BCUT2D eigenvalue weighted by molar-refractivity contribution is 9.10. The highest BCUT2D eigenvalue weighted by Gasteiger charge is 2.09. The van der Waals surface area contributed by atoms with Gasteiger partial charge in [0.25, 0.3) is 0 Å². The summed E-state index contributed by atoms with van der Waals surface area (Å²) in [5, 5.41) is 17.1. The molecule has 1 aromatic heterocycles. The minimum Gasteiger partial charge on any atom is -0.480 e. The highest BCUT2D eigenvalue weighted by atomic mass is 79.9. The van der Waals surface area contributed by atoms with Gasteiger partial charge < -0.3 is 15.7 Å². The predicted molar refractivity (Wildman–Crippen MR) is 76.6 cm³/mol. The van der Waals surface area contributed by atoms with Gasteiger partial charge in [0.05, 0.1) is 17.6 Å². The molecule has 1 aromatic carbocycles. The molecule has 0 saturated heterocycles. The van der Waals surface area contributed by atoms with E-state index < -0.39 is 17.8 Å². The van der Waals surface area contributed by atoms with Crippen LogP contribution in [0.3, 0.4) is 0 Å². The summed E-state index contributed by atoms with van der Waals surface area (Å²) in [7, 11) is 0. The Morgan fingerprint density at radius 1 is 1.38 bits per heavy atom. The van der Waals surface area contributed by atoms with Crippen LogP contribution in [0.2, 0.25) is 0 Å². The van der Waals surface area contributed by atoms with Crippen LogP contribution >= 0.6 is 15.9 Å². The average molecular weight is 357 g/mol. The summed E-state index contributed by atoms with van der Waals surface area (Å²) in [6.45, 7) is -0.316. The van der Waals surface area contributed by atoms with Crippen molar-refractivity contribution in [3.05, 3.63) is 40.9 Å². The first kappa shape index (κ1) is 15.0. The molecule has 0 radical (unpaired) electrons. The number of urea groups is 1. The van der Waals surface area contributed by atoms with Gasteiger partial charge in [-0.25, -0.2) is 9.18 Å². The SMILES string of the molecule is O=C(O)Cn1cc(NC(=O)Nc2cc(Br)ccc2F)cn1. The van der Waals surface area contributed by atoms with Crippen molar-refractivity contribution >= 4 is 39.3 Å². The van der Waals surface area contributed by atoms with Crippen molar-refractivity contribution in [1.29, 1.82) is 0 Å². The number of rotatable bonds is 4. The number of aromatic nitrogens is 2. The van der Waals surface area contributed by atoms with Crippen LogP contribution in [0.5, 0.6) is 0 Å². The molecule has 110 valence electrons. The third-order valence-corrected chi connectivity index (χ3v) is 2.86. The number of amides is 2. The van der Waals surface area contributed by atoms with Gasteiger partial charge in [-0.3, -0.25) is 9.48 Å². The third-order valence-electron chi connectivity index (χ3n) is 2.36. The fraction of sp³-hybridized carbons (Fsp3) is 0.0833. The molecule has 0 aliphatic heterocycles. The van der Waals surface area contributed by atoms with E-state index in [-0.39, 0.29) is 12.2 Å². The van der Waals surface area contributed by atoms with Crippen molar-refractivity contribution in [3.8, 4) is 0 Å². The number of nitrogens with zero attached hydrogens (tertiary/aromatic N) is 2. The van der Waals surface area contributed by atoms with Crippen LogP contribution in [-0.2, 0) is 11.3 Å². The van der Waals surface area contributed by atoms with E-state index in [1.54, 1.807) is 0 Å². The standard InChI is InChI=1S/C12H10BrFN4O3/c13-7-1-2-9(14)10(3-7)17-12(21)16-8-4-15-18(5-8)6-11(19)20/h1-5H,6H2,(H,19,20)(H2,16,17,21). The molecule has 0 bridgehead atoms. The second-order valence-corrected chi connectivity index (χ2v) is 4.94. The van der Waals surface area contributed by atoms with Crippen LogP contribution in [0, 0.1) is 5.82 Å². The van der Waals surface area contributed by atoms with E-state index in [1.807, 2.05) is 0 Å². The van der Waals surface area contributed by atoms with E-state index in [1.165, 1.54) is 30.6 Å². The maximum atomic E-state index is 13.5. The molecule has 0 saturated carbocycles. The van der Waals surface area contributed by atoms with Crippen LogP contribution < -0.4 is 10.6 Å². The molecule has 2 aromatic rings. The average Bonchev–Trinajstić information content (AvgIpc) is 2.80. The number of halogens is 2. The van der Waals surface area contributed by atoms with Crippen LogP contribution in [-0.4, -0.2) is 26.9 Å². The Labute approximate surface area is 126 Å². The molecule has 21 heavy (non-hydrogen) atoms. The minimum atomic E-state index is -1.05. The molecule has 7 nitrogen and oxygen atoms in total. The summed E-state index contributed by atoms with van der Waals surface area (Å²) >= 11 is 3.17. The van der Waals surface area contributed by atoms with Crippen molar-refractivity contribution in [2.45, 2.75) is 6.54 Å². The van der Waals surface area contributed by atoms with Crippen molar-refractivity contribution in [1.82, 2.24) is 9.78 Å². The maximum absolute atomic E-state index is 13.5. The number of carboxylic acid groups (broad SMARTS) is 1. The number of carboxylic acids is 1. The van der Waals surface area contributed by atoms with E-state index in [9.17, 15) is 14.0 Å². The molecule has 2 amide bonds. The van der Waals surface area contributed by atoms with E-state index in [4.69, 9.17) is 5.11 Å². The lowest BCUT2D eigenvalue weighted by Gasteiger charge is -2.07. The molecule has 0 aliphatic rings. The first-order valence-corrected chi connectivity index (χ1v) is 6.50. The summed E-state index contributed by atoms with van der Waals surface area (Å²) in [6, 6.07) is 3.48. The molecule has 0 spiro atoms. The fourth-order valence-electron chi connectivity index (χ4n) is 1.53. The summed E-state index contributed by atoms with van der Waals surface area (Å²) in [5.74, 6) is -1.62. The Morgan fingerprint density at radius 2 is 2.14 bits per heavy atom. The van der Waals surface area contributed by atoms with E-state index in [0.29, 0.717) is 10.2 Å². The van der Waals surface area contributed by atoms with Crippen LogP contribution in [0.15, 0.2) is 35.1 Å². The fourth-order valence-corrected chi connectivity index (χ4v) is 1.89. The number of hydrogen-bond donors (Lipinski definition) is 3. The maximum Gasteiger partial charge on any atom is 0.325 e. The second kappa shape index (κ2) is 6.35. The topological polar surface area (TPSA) is 96.2 Å². The van der Waals surface area contributed by atoms with Crippen molar-refractivity contribution in [2.24, 2.45) is 0 Å². The predicted octanol–water partition coefficient (Wildman–Crippen LogP) is 2.51. The van der Waals surface area contributed by atoms with Gasteiger partial charge in [0.15, 0.2) is 0 Å². The second-order valence-electron chi connectivity index (χ2n) is 4.02. The number of carbonyl (C=O) groups excluding carboxylic acids is 1. The zero-order chi connectivity index (χ0) is 15.4. The quantitative estimate of drug-likeness (QED) is 0.784. The molecule has 3 N–H and O–H groups in total. The lowest BCUT2D eigenvalue weighted by atomic mass is 10.3. The zero-order valence-corrected chi connectivity index (χ0v) is 12.1. The number of nitrogens with one attached hydrogen (secondary N) is 2. The Bertz CT molecular complexity index is 689. The van der Waals surface area contributed by atoms with Crippen molar-refractivity contribution < 1.29 is 19.1 Å². The number of hydrogen-bond acceptors (Lipinski definition) is 3. The van der Waals surface area contributed by atoms with E-state index >= 15 is 0 Å². The molecule has 2 rings (SSSR count). The monoisotopic (exact) mass is 356 g/mol. The number of aliphatic carboxylic acids is 1. The van der Waals surface area contributed by atoms with Crippen LogP contribution in [0.4, 0.5) is 20.6 Å². The van der Waals surface area contributed by atoms with Gasteiger partial charge in [0, 0.05) is 10.7 Å². The summed E-state index contributed by atoms with van der Waals surface area (Å²) in [5.41, 5.74) is 0.309. The summed E-state index contributed by atoms with van der Waals surface area (Å²) in [4.78, 5) is 22.2. The first-order chi connectivity index (χ1) is 9.94. The number of benzene rings is 1. The van der Waals surface area contributed by atoms with Gasteiger partial charge in [-0.15, -0.1) is 0 Å². The Kier molecular flexibility index (Phi) is 4.53. The van der Waals surface area contributed by atoms with Crippen molar-refractivity contribution in [3.63, 3.8) is 0 Å². The van der Waals surface area contributed by atoms with Gasteiger partial charge in [0.1, 0.15) is 12.4 Å². The smallest absolute Gasteiger partial charge is 0.325 e. The van der Waals surface area contributed by atoms with Crippen LogP contribution in [0.1, 0.15) is 0 Å². The molecular formula is C12H10BrFN4O3. The number of carbonyl (C=O) groups is 2. The highest BCUT2D eigenvalue weighted by Crippen LogP contribution is 2.20. The first-order valence-electron chi connectivity index (χ1n) is 5.71. The molecule has 1 heterocycles. The lowest BCUT2D eigenvalue weighted by molar-refractivity contribution is -0.137. The third kappa shape index (κ3) is 4.28. The molecule has 0 atom stereocenters. The van der Waals surface area contributed by atoms with Crippen molar-refractivity contribution in [2.75, 3.05) is 10.6 Å². The number of anilines is 2. The molecule has 0 aliphatic carbocycles. The van der Waals surface area contributed by atoms with Gasteiger partial charge in [-0.2, -0.15) is 5.10 Å². The molecule has 0 unspecified atom stereocenters. The van der Waals surface area contributed by atoms with Gasteiger partial charge in [0.2, 0.25) is 0 Å². The summed E-state index contributed by atoms with van der Waals surface area (Å²) in [6.07, 6.45) is 2.64. The van der Waals surface area contributed by atoms with E-state index in [0.717, 1.165) is 4.68 Å². The van der Waals surface area contributed by atoms with Crippen LogP contribution in [0.25, 0.3) is 0 Å². The Hall–Kier alpha value is -2.42. The van der Waals surface area contributed by atoms with Gasteiger partial charge >= 0.3 is 12.0 Å². The van der Waals surface area contributed by atoms with E-state index in [2.05, 4.69) is 31.7 Å².